The first-order valence-electron chi connectivity index (χ1n) is 8.59. The second-order valence-corrected chi connectivity index (χ2v) is 7.74. The molecule has 0 saturated carbocycles. The number of thioether (sulfide) groups is 1. The molecule has 0 saturated heterocycles. The highest BCUT2D eigenvalue weighted by molar-refractivity contribution is 8.00. The molecule has 0 spiro atoms. The Morgan fingerprint density at radius 3 is 2.19 bits per heavy atom. The van der Waals surface area contributed by atoms with E-state index in [1.807, 2.05) is 12.1 Å². The van der Waals surface area contributed by atoms with Crippen molar-refractivity contribution in [1.82, 2.24) is 5.43 Å². The zero-order chi connectivity index (χ0) is 18.6. The molecule has 1 amide bonds. The van der Waals surface area contributed by atoms with E-state index in [0.717, 1.165) is 5.56 Å². The molecule has 0 fully saturated rings. The fraction of sp³-hybridized carbons (Fsp3) is 0.0909. The third-order valence-corrected chi connectivity index (χ3v) is 5.95. The monoisotopic (exact) mass is 392 g/mol. The van der Waals surface area contributed by atoms with Gasteiger partial charge in [-0.05, 0) is 39.9 Å². The van der Waals surface area contributed by atoms with Crippen molar-refractivity contribution in [3.05, 3.63) is 94.5 Å². The summed E-state index contributed by atoms with van der Waals surface area (Å²) < 4.78 is 0. The Labute approximate surface area is 167 Å². The van der Waals surface area contributed by atoms with Crippen LogP contribution in [0.1, 0.15) is 21.9 Å². The molecule has 0 atom stereocenters. The van der Waals surface area contributed by atoms with Crippen molar-refractivity contribution in [3.8, 4) is 11.1 Å². The average Bonchev–Trinajstić information content (AvgIpc) is 3.02. The number of nitrogens with zero attached hydrogens (tertiary/aromatic N) is 1. The van der Waals surface area contributed by atoms with E-state index in [1.54, 1.807) is 30.1 Å². The van der Waals surface area contributed by atoms with Gasteiger partial charge in [0.15, 0.2) is 0 Å². The van der Waals surface area contributed by atoms with Crippen molar-refractivity contribution in [3.63, 3.8) is 0 Å². The van der Waals surface area contributed by atoms with Gasteiger partial charge in [-0.1, -0.05) is 72.3 Å². The van der Waals surface area contributed by atoms with Crippen molar-refractivity contribution in [1.29, 1.82) is 0 Å². The average molecular weight is 393 g/mol. The summed E-state index contributed by atoms with van der Waals surface area (Å²) >= 11 is 7.48. The van der Waals surface area contributed by atoms with E-state index in [9.17, 15) is 4.79 Å². The molecular formula is C22H17ClN2OS. The van der Waals surface area contributed by atoms with Gasteiger partial charge in [-0.15, -0.1) is 11.8 Å². The van der Waals surface area contributed by atoms with Crippen LogP contribution in [0.4, 0.5) is 0 Å². The van der Waals surface area contributed by atoms with Crippen LogP contribution in [0.5, 0.6) is 0 Å². The summed E-state index contributed by atoms with van der Waals surface area (Å²) in [5.41, 5.74) is 8.52. The van der Waals surface area contributed by atoms with E-state index in [1.165, 1.54) is 22.3 Å². The third-order valence-electron chi connectivity index (χ3n) is 4.43. The molecule has 134 valence electrons. The zero-order valence-corrected chi connectivity index (χ0v) is 16.0. The Balaban J connectivity index is 1.40. The predicted octanol–water partition coefficient (Wildman–Crippen LogP) is 5.29. The highest BCUT2D eigenvalue weighted by atomic mass is 35.5. The molecule has 27 heavy (non-hydrogen) atoms. The largest absolute Gasteiger partial charge is 0.272 e. The quantitative estimate of drug-likeness (QED) is 0.473. The molecule has 1 aliphatic rings. The van der Waals surface area contributed by atoms with Crippen LogP contribution in [0.3, 0.4) is 0 Å². The first-order valence-corrected chi connectivity index (χ1v) is 10.0. The van der Waals surface area contributed by atoms with Gasteiger partial charge in [0, 0.05) is 5.02 Å². The number of amides is 1. The van der Waals surface area contributed by atoms with Crippen molar-refractivity contribution >= 4 is 35.5 Å². The Morgan fingerprint density at radius 1 is 0.963 bits per heavy atom. The Hall–Kier alpha value is -2.56. The Kier molecular flexibility index (Phi) is 5.28. The molecule has 0 aromatic heterocycles. The van der Waals surface area contributed by atoms with Gasteiger partial charge in [-0.3, -0.25) is 4.79 Å². The maximum atomic E-state index is 12.2. The summed E-state index contributed by atoms with van der Waals surface area (Å²) in [6, 6.07) is 24.1. The van der Waals surface area contributed by atoms with E-state index >= 15 is 0 Å². The molecular weight excluding hydrogens is 376 g/mol. The minimum atomic E-state index is -0.118. The van der Waals surface area contributed by atoms with Gasteiger partial charge in [-0.25, -0.2) is 5.43 Å². The molecule has 3 nitrogen and oxygen atoms in total. The van der Waals surface area contributed by atoms with Gasteiger partial charge in [0.05, 0.1) is 17.2 Å². The second-order valence-electron chi connectivity index (χ2n) is 6.21. The molecule has 3 aromatic carbocycles. The van der Waals surface area contributed by atoms with Gasteiger partial charge in [0.2, 0.25) is 5.91 Å². The number of hydrazone groups is 1. The number of hydrogen-bond donors (Lipinski definition) is 1. The van der Waals surface area contributed by atoms with E-state index < -0.39 is 0 Å². The van der Waals surface area contributed by atoms with Gasteiger partial charge in [-0.2, -0.15) is 5.10 Å². The van der Waals surface area contributed by atoms with Crippen LogP contribution in [0.25, 0.3) is 11.1 Å². The minimum absolute atomic E-state index is 0.118. The molecule has 0 radical (unpaired) electrons. The van der Waals surface area contributed by atoms with Crippen LogP contribution in [0.15, 0.2) is 77.9 Å². The van der Waals surface area contributed by atoms with Crippen molar-refractivity contribution in [2.24, 2.45) is 5.10 Å². The standard InChI is InChI=1S/C22H17ClN2OS/c23-16-11-9-15(10-12-16)13-24-25-21(26)14-27-22-19-7-3-1-5-17(19)18-6-2-4-8-20(18)22/h1-13,22H,14H2,(H,25,26)/b24-13-. The number of hydrogen-bond acceptors (Lipinski definition) is 3. The molecule has 0 bridgehead atoms. The van der Waals surface area contributed by atoms with Crippen LogP contribution in [0, 0.1) is 0 Å². The van der Waals surface area contributed by atoms with Crippen LogP contribution >= 0.6 is 23.4 Å². The van der Waals surface area contributed by atoms with E-state index in [4.69, 9.17) is 11.6 Å². The first-order chi connectivity index (χ1) is 13.2. The Bertz CT molecular complexity index is 956. The minimum Gasteiger partial charge on any atom is -0.272 e. The predicted molar refractivity (Wildman–Crippen MR) is 113 cm³/mol. The highest BCUT2D eigenvalue weighted by Crippen LogP contribution is 2.49. The van der Waals surface area contributed by atoms with E-state index in [2.05, 4.69) is 59.1 Å². The lowest BCUT2D eigenvalue weighted by molar-refractivity contribution is -0.118. The molecule has 4 rings (SSSR count). The summed E-state index contributed by atoms with van der Waals surface area (Å²) in [5, 5.41) is 4.86. The molecule has 0 heterocycles. The van der Waals surface area contributed by atoms with Gasteiger partial charge in [0.1, 0.15) is 0 Å². The van der Waals surface area contributed by atoms with Crippen molar-refractivity contribution in [2.45, 2.75) is 5.25 Å². The number of carbonyl (C=O) groups is 1. The summed E-state index contributed by atoms with van der Waals surface area (Å²) in [5.74, 6) is 0.220. The SMILES string of the molecule is O=C(CSC1c2ccccc2-c2ccccc21)N/N=C\c1ccc(Cl)cc1. The molecule has 3 aromatic rings. The lowest BCUT2D eigenvalue weighted by Crippen LogP contribution is -2.20. The topological polar surface area (TPSA) is 41.5 Å². The number of fused-ring (bicyclic) bond motifs is 3. The number of halogens is 1. The third kappa shape index (κ3) is 3.92. The van der Waals surface area contributed by atoms with E-state index in [0.29, 0.717) is 10.8 Å². The van der Waals surface area contributed by atoms with Crippen molar-refractivity contribution < 1.29 is 4.79 Å². The molecule has 0 aliphatic heterocycles. The van der Waals surface area contributed by atoms with Gasteiger partial charge >= 0.3 is 0 Å². The fourth-order valence-electron chi connectivity index (χ4n) is 3.21. The summed E-state index contributed by atoms with van der Waals surface area (Å²) in [6.07, 6.45) is 1.61. The number of rotatable bonds is 5. The van der Waals surface area contributed by atoms with Crippen LogP contribution in [-0.2, 0) is 4.79 Å². The second kappa shape index (κ2) is 7.99. The fourth-order valence-corrected chi connectivity index (χ4v) is 4.49. The van der Waals surface area contributed by atoms with E-state index in [-0.39, 0.29) is 11.2 Å². The highest BCUT2D eigenvalue weighted by Gasteiger charge is 2.28. The summed E-state index contributed by atoms with van der Waals surface area (Å²) in [4.78, 5) is 12.2. The lowest BCUT2D eigenvalue weighted by Gasteiger charge is -2.12. The molecule has 1 aliphatic carbocycles. The number of nitrogens with one attached hydrogen (secondary N) is 1. The zero-order valence-electron chi connectivity index (χ0n) is 14.4. The van der Waals surface area contributed by atoms with Crippen LogP contribution in [-0.4, -0.2) is 17.9 Å². The van der Waals surface area contributed by atoms with Gasteiger partial charge < -0.3 is 0 Å². The number of carbonyl (C=O) groups excluding carboxylic acids is 1. The van der Waals surface area contributed by atoms with Crippen LogP contribution < -0.4 is 5.43 Å². The molecule has 1 N–H and O–H groups in total. The molecule has 5 heteroatoms. The van der Waals surface area contributed by atoms with Crippen molar-refractivity contribution in [2.75, 3.05) is 5.75 Å². The first kappa shape index (κ1) is 17.8. The molecule has 0 unspecified atom stereocenters. The lowest BCUT2D eigenvalue weighted by atomic mass is 10.1. The van der Waals surface area contributed by atoms with Gasteiger partial charge in [0.25, 0.3) is 0 Å². The maximum absolute atomic E-state index is 12.2. The normalized spacial score (nSPS) is 12.8. The Morgan fingerprint density at radius 2 is 1.56 bits per heavy atom. The smallest absolute Gasteiger partial charge is 0.250 e. The number of benzene rings is 3. The van der Waals surface area contributed by atoms with Crippen LogP contribution in [0.2, 0.25) is 5.02 Å². The maximum Gasteiger partial charge on any atom is 0.250 e. The summed E-state index contributed by atoms with van der Waals surface area (Å²) in [6.45, 7) is 0. The summed E-state index contributed by atoms with van der Waals surface area (Å²) in [7, 11) is 0.